The number of carbonyl (C=O) groups excluding carboxylic acids is 1. The van der Waals surface area contributed by atoms with Crippen LogP contribution in [0.5, 0.6) is 5.75 Å². The van der Waals surface area contributed by atoms with Gasteiger partial charge in [-0.05, 0) is 25.0 Å². The topological polar surface area (TPSA) is 59.0 Å². The molecule has 0 aliphatic carbocycles. The fourth-order valence-corrected chi connectivity index (χ4v) is 2.89. The van der Waals surface area contributed by atoms with Crippen molar-refractivity contribution in [2.24, 2.45) is 0 Å². The lowest BCUT2D eigenvalue weighted by Gasteiger charge is -2.19. The highest BCUT2D eigenvalue weighted by Crippen LogP contribution is 2.39. The first-order chi connectivity index (χ1) is 10.6. The third-order valence-electron chi connectivity index (χ3n) is 3.49. The van der Waals surface area contributed by atoms with E-state index in [0.717, 1.165) is 29.3 Å². The van der Waals surface area contributed by atoms with Gasteiger partial charge in [0.15, 0.2) is 5.75 Å². The predicted molar refractivity (Wildman–Crippen MR) is 86.9 cm³/mol. The summed E-state index contributed by atoms with van der Waals surface area (Å²) in [5, 5.41) is 9.16. The van der Waals surface area contributed by atoms with Gasteiger partial charge < -0.3 is 14.6 Å². The van der Waals surface area contributed by atoms with Crippen LogP contribution in [0.1, 0.15) is 25.3 Å². The van der Waals surface area contributed by atoms with E-state index in [-0.39, 0.29) is 13.2 Å². The zero-order chi connectivity index (χ0) is 16.1. The molecule has 0 radical (unpaired) electrons. The summed E-state index contributed by atoms with van der Waals surface area (Å²) in [5.41, 5.74) is 1.49. The summed E-state index contributed by atoms with van der Waals surface area (Å²) in [7, 11) is 0. The molecule has 1 aliphatic heterocycles. The van der Waals surface area contributed by atoms with Crippen molar-refractivity contribution < 1.29 is 19.4 Å². The van der Waals surface area contributed by atoms with Crippen LogP contribution in [0.4, 0.5) is 10.5 Å². The van der Waals surface area contributed by atoms with Crippen LogP contribution in [0.3, 0.4) is 0 Å². The smallest absolute Gasteiger partial charge is 0.414 e. The zero-order valence-electron chi connectivity index (χ0n) is 12.3. The van der Waals surface area contributed by atoms with E-state index < -0.39 is 12.2 Å². The molecular formula is C16H18BrNO4. The maximum absolute atomic E-state index is 12.0. The first-order valence-electron chi connectivity index (χ1n) is 7.15. The molecular weight excluding hydrogens is 350 g/mol. The van der Waals surface area contributed by atoms with Crippen LogP contribution in [0.25, 0.3) is 0 Å². The van der Waals surface area contributed by atoms with E-state index in [1.54, 1.807) is 6.07 Å². The minimum atomic E-state index is -0.533. The number of aliphatic hydroxyl groups is 1. The molecule has 1 aromatic rings. The van der Waals surface area contributed by atoms with E-state index in [4.69, 9.17) is 21.0 Å². The van der Waals surface area contributed by atoms with E-state index in [1.165, 1.54) is 4.90 Å². The van der Waals surface area contributed by atoms with Gasteiger partial charge in [-0.1, -0.05) is 35.7 Å². The van der Waals surface area contributed by atoms with Crippen LogP contribution >= 0.6 is 15.9 Å². The van der Waals surface area contributed by atoms with E-state index in [9.17, 15) is 4.79 Å². The Morgan fingerprint density at radius 1 is 1.59 bits per heavy atom. The molecule has 6 heteroatoms. The normalized spacial score (nSPS) is 17.3. The number of carbonyl (C=O) groups is 1. The maximum atomic E-state index is 12.0. The number of benzene rings is 1. The average Bonchev–Trinajstić information content (AvgIpc) is 2.88. The fourth-order valence-electron chi connectivity index (χ4n) is 2.38. The monoisotopic (exact) mass is 367 g/mol. The second-order valence-corrected chi connectivity index (χ2v) is 5.85. The van der Waals surface area contributed by atoms with Crippen LogP contribution in [0, 0.1) is 12.5 Å². The van der Waals surface area contributed by atoms with Crippen molar-refractivity contribution in [2.45, 2.75) is 32.3 Å². The van der Waals surface area contributed by atoms with E-state index in [2.05, 4.69) is 29.0 Å². The Bertz CT molecular complexity index is 597. The highest BCUT2D eigenvalue weighted by atomic mass is 79.9. The number of hydrogen-bond donors (Lipinski definition) is 1. The van der Waals surface area contributed by atoms with Crippen molar-refractivity contribution in [3.63, 3.8) is 0 Å². The number of rotatable bonds is 6. The molecule has 0 bridgehead atoms. The fraction of sp³-hybridized carbons (Fsp3) is 0.438. The maximum Gasteiger partial charge on any atom is 0.414 e. The van der Waals surface area contributed by atoms with Crippen LogP contribution in [-0.2, 0) is 11.2 Å². The van der Waals surface area contributed by atoms with Gasteiger partial charge in [-0.25, -0.2) is 4.79 Å². The molecule has 22 heavy (non-hydrogen) atoms. The molecule has 1 fully saturated rings. The Morgan fingerprint density at radius 3 is 2.95 bits per heavy atom. The van der Waals surface area contributed by atoms with Gasteiger partial charge >= 0.3 is 6.09 Å². The third-order valence-corrected chi connectivity index (χ3v) is 4.24. The van der Waals surface area contributed by atoms with E-state index in [1.807, 2.05) is 6.07 Å². The van der Waals surface area contributed by atoms with Crippen LogP contribution in [0.2, 0.25) is 0 Å². The number of hydrogen-bond acceptors (Lipinski definition) is 4. The van der Waals surface area contributed by atoms with Crippen LogP contribution in [-0.4, -0.2) is 30.5 Å². The number of terminal acetylenes is 1. The number of ether oxygens (including phenoxy) is 2. The van der Waals surface area contributed by atoms with Gasteiger partial charge in [0, 0.05) is 10.0 Å². The second-order valence-electron chi connectivity index (χ2n) is 5.00. The molecule has 5 nitrogen and oxygen atoms in total. The number of aliphatic hydroxyl groups excluding tert-OH is 1. The number of nitrogens with zero attached hydrogens (tertiary/aromatic N) is 1. The van der Waals surface area contributed by atoms with Crippen molar-refractivity contribution >= 4 is 27.7 Å². The molecule has 1 unspecified atom stereocenters. The minimum absolute atomic E-state index is 0.215. The summed E-state index contributed by atoms with van der Waals surface area (Å²) in [4.78, 5) is 13.4. The Balaban J connectivity index is 2.42. The molecule has 0 aromatic heterocycles. The molecule has 1 aromatic carbocycles. The van der Waals surface area contributed by atoms with Gasteiger partial charge in [0.25, 0.3) is 0 Å². The van der Waals surface area contributed by atoms with Crippen molar-refractivity contribution in [1.82, 2.24) is 0 Å². The standard InChI is InChI=1S/C16H18BrNO4/c1-3-5-6-12-13(17)7-8-14(15(12)21-4-2)18-9-11(10-19)22-16(18)20/h2,7-8,11,19H,3,5-6,9-10H2,1H3. The number of amides is 1. The molecule has 0 spiro atoms. The summed E-state index contributed by atoms with van der Waals surface area (Å²) in [6, 6.07) is 3.62. The van der Waals surface area contributed by atoms with Gasteiger partial charge in [-0.2, -0.15) is 0 Å². The van der Waals surface area contributed by atoms with E-state index >= 15 is 0 Å². The van der Waals surface area contributed by atoms with Crippen molar-refractivity contribution in [3.05, 3.63) is 22.2 Å². The minimum Gasteiger partial charge on any atom is -0.441 e. The first-order valence-corrected chi connectivity index (χ1v) is 7.94. The summed E-state index contributed by atoms with van der Waals surface area (Å²) >= 11 is 3.51. The van der Waals surface area contributed by atoms with Crippen molar-refractivity contribution in [3.8, 4) is 18.3 Å². The zero-order valence-corrected chi connectivity index (χ0v) is 13.9. The molecule has 1 saturated heterocycles. The summed E-state index contributed by atoms with van der Waals surface area (Å²) in [5.74, 6) is 0.487. The summed E-state index contributed by atoms with van der Waals surface area (Å²) < 4.78 is 11.3. The number of halogens is 1. The Kier molecular flexibility index (Phi) is 5.69. The lowest BCUT2D eigenvalue weighted by Crippen LogP contribution is -2.26. The lowest BCUT2D eigenvalue weighted by molar-refractivity contribution is 0.0963. The molecule has 1 atom stereocenters. The Labute approximate surface area is 138 Å². The van der Waals surface area contributed by atoms with Crippen molar-refractivity contribution in [1.29, 1.82) is 0 Å². The van der Waals surface area contributed by atoms with Crippen LogP contribution < -0.4 is 9.64 Å². The molecule has 1 amide bonds. The lowest BCUT2D eigenvalue weighted by atomic mass is 10.1. The number of cyclic esters (lactones) is 1. The predicted octanol–water partition coefficient (Wildman–Crippen LogP) is 3.08. The molecule has 1 heterocycles. The molecule has 1 N–H and O–H groups in total. The molecule has 0 saturated carbocycles. The largest absolute Gasteiger partial charge is 0.441 e. The molecule has 118 valence electrons. The molecule has 2 rings (SSSR count). The highest BCUT2D eigenvalue weighted by Gasteiger charge is 2.34. The van der Waals surface area contributed by atoms with Gasteiger partial charge in [0.05, 0.1) is 18.8 Å². The first kappa shape index (κ1) is 16.7. The Morgan fingerprint density at radius 2 is 2.36 bits per heavy atom. The molecule has 1 aliphatic rings. The summed E-state index contributed by atoms with van der Waals surface area (Å²) in [6.07, 6.45) is 9.24. The summed E-state index contributed by atoms with van der Waals surface area (Å²) in [6.45, 7) is 2.15. The number of anilines is 1. The SMILES string of the molecule is C#COc1c(N2CC(CO)OC2=O)ccc(Br)c1CCCC. The van der Waals surface area contributed by atoms with Gasteiger partial charge in [-0.3, -0.25) is 4.90 Å². The van der Waals surface area contributed by atoms with E-state index in [0.29, 0.717) is 11.4 Å². The quantitative estimate of drug-likeness (QED) is 0.784. The van der Waals surface area contributed by atoms with Crippen molar-refractivity contribution in [2.75, 3.05) is 18.1 Å². The number of unbranched alkanes of at least 4 members (excludes halogenated alkanes) is 1. The average molecular weight is 368 g/mol. The van der Waals surface area contributed by atoms with Gasteiger partial charge in [-0.15, -0.1) is 0 Å². The second kappa shape index (κ2) is 7.52. The van der Waals surface area contributed by atoms with Gasteiger partial charge in [0.2, 0.25) is 0 Å². The highest BCUT2D eigenvalue weighted by molar-refractivity contribution is 9.10. The van der Waals surface area contributed by atoms with Gasteiger partial charge in [0.1, 0.15) is 12.2 Å². The Hall–Kier alpha value is -1.71. The van der Waals surface area contributed by atoms with Crippen LogP contribution in [0.15, 0.2) is 16.6 Å². The third kappa shape index (κ3) is 3.37.